The highest BCUT2D eigenvalue weighted by molar-refractivity contribution is 7.99. The summed E-state index contributed by atoms with van der Waals surface area (Å²) in [5, 5.41) is 0.686. The molecule has 1 nitrogen and oxygen atoms in total. The van der Waals surface area contributed by atoms with Gasteiger partial charge >= 0.3 is 0 Å². The second-order valence-electron chi connectivity index (χ2n) is 4.00. The van der Waals surface area contributed by atoms with Crippen LogP contribution in [-0.4, -0.2) is 0 Å². The molecule has 2 N–H and O–H groups in total. The molecule has 4 heteroatoms. The van der Waals surface area contributed by atoms with Gasteiger partial charge in [0.1, 0.15) is 5.82 Å². The van der Waals surface area contributed by atoms with Crippen molar-refractivity contribution in [3.05, 3.63) is 58.9 Å². The van der Waals surface area contributed by atoms with Crippen molar-refractivity contribution in [2.24, 2.45) is 5.73 Å². The first-order chi connectivity index (χ1) is 8.58. The minimum atomic E-state index is -0.332. The zero-order chi connectivity index (χ0) is 13.1. The Bertz CT molecular complexity index is 540. The third kappa shape index (κ3) is 3.05. The van der Waals surface area contributed by atoms with E-state index in [4.69, 9.17) is 17.3 Å². The van der Waals surface area contributed by atoms with E-state index in [2.05, 4.69) is 0 Å². The summed E-state index contributed by atoms with van der Waals surface area (Å²) in [6.45, 7) is 1.78. The first-order valence-electron chi connectivity index (χ1n) is 5.55. The maximum absolute atomic E-state index is 13.8. The Kier molecular flexibility index (Phi) is 4.27. The maximum Gasteiger partial charge on any atom is 0.129 e. The van der Waals surface area contributed by atoms with E-state index < -0.39 is 0 Å². The van der Waals surface area contributed by atoms with Crippen LogP contribution in [0.2, 0.25) is 5.02 Å². The van der Waals surface area contributed by atoms with Gasteiger partial charge in [-0.25, -0.2) is 4.39 Å². The number of rotatable bonds is 3. The fourth-order valence-corrected chi connectivity index (χ4v) is 2.87. The fourth-order valence-electron chi connectivity index (χ4n) is 1.68. The van der Waals surface area contributed by atoms with E-state index in [-0.39, 0.29) is 11.9 Å². The molecular weight excluding hydrogens is 269 g/mol. The van der Waals surface area contributed by atoms with Gasteiger partial charge in [-0.1, -0.05) is 29.4 Å². The zero-order valence-electron chi connectivity index (χ0n) is 9.86. The first kappa shape index (κ1) is 13.4. The number of hydrogen-bond donors (Lipinski definition) is 1. The highest BCUT2D eigenvalue weighted by atomic mass is 35.5. The van der Waals surface area contributed by atoms with Gasteiger partial charge in [0.15, 0.2) is 0 Å². The molecule has 0 fully saturated rings. The van der Waals surface area contributed by atoms with E-state index >= 15 is 0 Å². The molecular formula is C14H13ClFNS. The van der Waals surface area contributed by atoms with Gasteiger partial charge in [0.2, 0.25) is 0 Å². The Labute approximate surface area is 115 Å². The van der Waals surface area contributed by atoms with Crippen molar-refractivity contribution in [3.63, 3.8) is 0 Å². The van der Waals surface area contributed by atoms with Crippen LogP contribution in [0.3, 0.4) is 0 Å². The van der Waals surface area contributed by atoms with E-state index in [0.717, 1.165) is 9.79 Å². The molecule has 0 aliphatic carbocycles. The third-order valence-corrected chi connectivity index (χ3v) is 3.85. The summed E-state index contributed by atoms with van der Waals surface area (Å²) in [6.07, 6.45) is 0. The minimum Gasteiger partial charge on any atom is -0.324 e. The smallest absolute Gasteiger partial charge is 0.129 e. The lowest BCUT2D eigenvalue weighted by Gasteiger charge is -2.13. The lowest BCUT2D eigenvalue weighted by atomic mass is 10.1. The summed E-state index contributed by atoms with van der Waals surface area (Å²) in [5.74, 6) is -0.260. The largest absolute Gasteiger partial charge is 0.324 e. The first-order valence-corrected chi connectivity index (χ1v) is 6.75. The van der Waals surface area contributed by atoms with Gasteiger partial charge < -0.3 is 5.73 Å². The van der Waals surface area contributed by atoms with Gasteiger partial charge in [-0.3, -0.25) is 0 Å². The van der Waals surface area contributed by atoms with Crippen LogP contribution in [-0.2, 0) is 0 Å². The second kappa shape index (κ2) is 5.74. The second-order valence-corrected chi connectivity index (χ2v) is 5.55. The maximum atomic E-state index is 13.8. The molecule has 94 valence electrons. The Hall–Kier alpha value is -1.03. The Morgan fingerprint density at radius 1 is 1.17 bits per heavy atom. The number of nitrogens with two attached hydrogens (primary N) is 1. The van der Waals surface area contributed by atoms with Crippen molar-refractivity contribution in [1.82, 2.24) is 0 Å². The summed E-state index contributed by atoms with van der Waals surface area (Å²) in [5.41, 5.74) is 6.37. The van der Waals surface area contributed by atoms with Gasteiger partial charge in [0.25, 0.3) is 0 Å². The van der Waals surface area contributed by atoms with E-state index in [9.17, 15) is 4.39 Å². The summed E-state index contributed by atoms with van der Waals surface area (Å²) < 4.78 is 13.8. The standard InChI is InChI=1S/C14H13ClFNS/c1-9(17)14-12(16)3-2-4-13(14)18-11-7-5-10(15)6-8-11/h2-9H,17H2,1H3/t9-/m1/s1. The third-order valence-electron chi connectivity index (χ3n) is 2.51. The van der Waals surface area contributed by atoms with Crippen molar-refractivity contribution in [2.75, 3.05) is 0 Å². The molecule has 0 aliphatic heterocycles. The predicted molar refractivity (Wildman–Crippen MR) is 74.6 cm³/mol. The molecule has 2 rings (SSSR count). The Morgan fingerprint density at radius 2 is 1.83 bits per heavy atom. The SMILES string of the molecule is C[C@@H](N)c1c(F)cccc1Sc1ccc(Cl)cc1. The van der Waals surface area contributed by atoms with Gasteiger partial charge in [-0.05, 0) is 43.3 Å². The van der Waals surface area contributed by atoms with Gasteiger partial charge in [0, 0.05) is 26.4 Å². The topological polar surface area (TPSA) is 26.0 Å². The molecule has 0 unspecified atom stereocenters. The van der Waals surface area contributed by atoms with Gasteiger partial charge in [-0.15, -0.1) is 0 Å². The van der Waals surface area contributed by atoms with Crippen molar-refractivity contribution in [2.45, 2.75) is 22.8 Å². The summed E-state index contributed by atoms with van der Waals surface area (Å²) >= 11 is 7.32. The van der Waals surface area contributed by atoms with Crippen LogP contribution in [0.1, 0.15) is 18.5 Å². The van der Waals surface area contributed by atoms with Gasteiger partial charge in [-0.2, -0.15) is 0 Å². The van der Waals surface area contributed by atoms with Crippen molar-refractivity contribution in [1.29, 1.82) is 0 Å². The fraction of sp³-hybridized carbons (Fsp3) is 0.143. The quantitative estimate of drug-likeness (QED) is 0.886. The molecule has 18 heavy (non-hydrogen) atoms. The molecule has 0 saturated heterocycles. The predicted octanol–water partition coefficient (Wildman–Crippen LogP) is 4.65. The van der Waals surface area contributed by atoms with Crippen LogP contribution in [0.25, 0.3) is 0 Å². The highest BCUT2D eigenvalue weighted by Crippen LogP contribution is 2.34. The van der Waals surface area contributed by atoms with Crippen molar-refractivity contribution < 1.29 is 4.39 Å². The van der Waals surface area contributed by atoms with E-state index in [1.807, 2.05) is 30.3 Å². The molecule has 0 aliphatic rings. The molecule has 2 aromatic rings. The van der Waals surface area contributed by atoms with Crippen LogP contribution >= 0.6 is 23.4 Å². The lowest BCUT2D eigenvalue weighted by Crippen LogP contribution is -2.08. The monoisotopic (exact) mass is 281 g/mol. The van der Waals surface area contributed by atoms with Gasteiger partial charge in [0.05, 0.1) is 0 Å². The van der Waals surface area contributed by atoms with E-state index in [1.54, 1.807) is 13.0 Å². The molecule has 0 spiro atoms. The van der Waals surface area contributed by atoms with Crippen LogP contribution in [0, 0.1) is 5.82 Å². The molecule has 2 aromatic carbocycles. The van der Waals surface area contributed by atoms with E-state index in [0.29, 0.717) is 10.6 Å². The van der Waals surface area contributed by atoms with Crippen LogP contribution in [0.15, 0.2) is 52.3 Å². The molecule has 0 saturated carbocycles. The number of benzene rings is 2. The molecule has 0 bridgehead atoms. The van der Waals surface area contributed by atoms with Crippen LogP contribution in [0.4, 0.5) is 4.39 Å². The van der Waals surface area contributed by atoms with E-state index in [1.165, 1.54) is 17.8 Å². The summed E-state index contributed by atoms with van der Waals surface area (Å²) in [4.78, 5) is 1.85. The number of hydrogen-bond acceptors (Lipinski definition) is 2. The van der Waals surface area contributed by atoms with Crippen molar-refractivity contribution in [3.8, 4) is 0 Å². The molecule has 0 amide bonds. The lowest BCUT2D eigenvalue weighted by molar-refractivity contribution is 0.585. The highest BCUT2D eigenvalue weighted by Gasteiger charge is 2.13. The Balaban J connectivity index is 2.34. The van der Waals surface area contributed by atoms with Crippen molar-refractivity contribution >= 4 is 23.4 Å². The number of halogens is 2. The summed E-state index contributed by atoms with van der Waals surface area (Å²) in [7, 11) is 0. The molecule has 0 aromatic heterocycles. The Morgan fingerprint density at radius 3 is 2.44 bits per heavy atom. The minimum absolute atomic E-state index is 0.260. The molecule has 0 heterocycles. The normalized spacial score (nSPS) is 12.4. The molecule has 0 radical (unpaired) electrons. The van der Waals surface area contributed by atoms with Crippen LogP contribution < -0.4 is 5.73 Å². The summed E-state index contributed by atoms with van der Waals surface area (Å²) in [6, 6.07) is 12.1. The average molecular weight is 282 g/mol. The van der Waals surface area contributed by atoms with Crippen LogP contribution in [0.5, 0.6) is 0 Å². The zero-order valence-corrected chi connectivity index (χ0v) is 11.4. The molecule has 1 atom stereocenters. The average Bonchev–Trinajstić information content (AvgIpc) is 2.32.